The molecule has 1 N–H and O–H groups in total. The topological polar surface area (TPSA) is 41.6 Å². The second-order valence-corrected chi connectivity index (χ2v) is 10.4. The first-order valence-corrected chi connectivity index (χ1v) is 13.6. The Kier molecular flexibility index (Phi) is 9.72. The summed E-state index contributed by atoms with van der Waals surface area (Å²) in [4.78, 5) is 14.6. The van der Waals surface area contributed by atoms with E-state index in [0.717, 1.165) is 63.0 Å². The van der Waals surface area contributed by atoms with Crippen LogP contribution in [0.1, 0.15) is 69.1 Å². The zero-order valence-corrected chi connectivity index (χ0v) is 22.0. The standard InChI is InChI=1S/C32H39FN2O2/c1-24(2)32(36)34-29-12-8-11-27(23-29)25-18-21-35(22-19-25)20-7-6-13-31(26-9-4-3-5-10-26)37-30-16-14-28(33)15-17-30/h3-5,8-12,14-17,23-25,31H,6-7,13,18-22H2,1-2H3,(H,34,36). The van der Waals surface area contributed by atoms with Gasteiger partial charge in [-0.2, -0.15) is 0 Å². The van der Waals surface area contributed by atoms with Crippen molar-refractivity contribution in [2.24, 2.45) is 5.92 Å². The SMILES string of the molecule is CC(C)C(=O)Nc1cccc(C2CCN(CCCCC(Oc3ccc(F)cc3)c3ccccc3)CC2)c1. The van der Waals surface area contributed by atoms with E-state index in [1.807, 2.05) is 38.1 Å². The van der Waals surface area contributed by atoms with Crippen LogP contribution in [0.15, 0.2) is 78.9 Å². The molecule has 1 fully saturated rings. The number of ether oxygens (including phenoxy) is 1. The van der Waals surface area contributed by atoms with Crippen molar-refractivity contribution in [2.45, 2.75) is 58.0 Å². The second-order valence-electron chi connectivity index (χ2n) is 10.4. The number of halogens is 1. The molecular formula is C32H39FN2O2. The van der Waals surface area contributed by atoms with Crippen molar-refractivity contribution in [3.8, 4) is 5.75 Å². The van der Waals surface area contributed by atoms with Crippen LogP contribution in [0.4, 0.5) is 10.1 Å². The van der Waals surface area contributed by atoms with Crippen LogP contribution in [0.2, 0.25) is 0 Å². The average molecular weight is 503 g/mol. The van der Waals surface area contributed by atoms with Gasteiger partial charge in [-0.25, -0.2) is 4.39 Å². The Labute approximate surface area is 220 Å². The van der Waals surface area contributed by atoms with Gasteiger partial charge in [-0.15, -0.1) is 0 Å². The monoisotopic (exact) mass is 502 g/mol. The first-order chi connectivity index (χ1) is 18.0. The summed E-state index contributed by atoms with van der Waals surface area (Å²) >= 11 is 0. The fraction of sp³-hybridized carbons (Fsp3) is 0.406. The molecule has 37 heavy (non-hydrogen) atoms. The predicted molar refractivity (Wildman–Crippen MR) is 148 cm³/mol. The summed E-state index contributed by atoms with van der Waals surface area (Å²) in [5.74, 6) is 1.02. The molecule has 1 aliphatic rings. The van der Waals surface area contributed by atoms with Crippen LogP contribution >= 0.6 is 0 Å². The van der Waals surface area contributed by atoms with Gasteiger partial charge in [0.15, 0.2) is 0 Å². The maximum absolute atomic E-state index is 13.3. The van der Waals surface area contributed by atoms with E-state index in [-0.39, 0.29) is 23.7 Å². The summed E-state index contributed by atoms with van der Waals surface area (Å²) in [6, 6.07) is 24.9. The number of unbranched alkanes of at least 4 members (excludes halogenated alkanes) is 1. The van der Waals surface area contributed by atoms with Crippen molar-refractivity contribution in [3.63, 3.8) is 0 Å². The molecule has 5 heteroatoms. The van der Waals surface area contributed by atoms with Crippen LogP contribution in [0.3, 0.4) is 0 Å². The Hall–Kier alpha value is -3.18. The van der Waals surface area contributed by atoms with Gasteiger partial charge in [0, 0.05) is 11.6 Å². The Morgan fingerprint density at radius 1 is 0.973 bits per heavy atom. The summed E-state index contributed by atoms with van der Waals surface area (Å²) in [6.45, 7) is 7.11. The number of anilines is 1. The minimum absolute atomic E-state index is 0.0238. The average Bonchev–Trinajstić information content (AvgIpc) is 2.92. The van der Waals surface area contributed by atoms with Crippen LogP contribution in [0.25, 0.3) is 0 Å². The van der Waals surface area contributed by atoms with Crippen molar-refractivity contribution < 1.29 is 13.9 Å². The fourth-order valence-corrected chi connectivity index (χ4v) is 4.95. The van der Waals surface area contributed by atoms with Gasteiger partial charge in [0.05, 0.1) is 0 Å². The highest BCUT2D eigenvalue weighted by Crippen LogP contribution is 2.31. The molecule has 0 aliphatic carbocycles. The van der Waals surface area contributed by atoms with Gasteiger partial charge in [-0.05, 0) is 105 Å². The lowest BCUT2D eigenvalue weighted by atomic mass is 9.89. The van der Waals surface area contributed by atoms with Gasteiger partial charge in [0.1, 0.15) is 17.7 Å². The largest absolute Gasteiger partial charge is 0.486 e. The molecule has 0 aromatic heterocycles. The third-order valence-corrected chi connectivity index (χ3v) is 7.19. The van der Waals surface area contributed by atoms with Crippen molar-refractivity contribution in [1.82, 2.24) is 4.90 Å². The van der Waals surface area contributed by atoms with Crippen molar-refractivity contribution in [2.75, 3.05) is 25.0 Å². The lowest BCUT2D eigenvalue weighted by molar-refractivity contribution is -0.118. The first-order valence-electron chi connectivity index (χ1n) is 13.6. The number of amides is 1. The van der Waals surface area contributed by atoms with E-state index in [1.54, 1.807) is 12.1 Å². The molecular weight excluding hydrogens is 463 g/mol. The zero-order valence-electron chi connectivity index (χ0n) is 22.0. The highest BCUT2D eigenvalue weighted by molar-refractivity contribution is 5.92. The molecule has 0 saturated carbocycles. The number of nitrogens with one attached hydrogen (secondary N) is 1. The molecule has 0 bridgehead atoms. The number of hydrogen-bond donors (Lipinski definition) is 1. The van der Waals surface area contributed by atoms with E-state index < -0.39 is 0 Å². The van der Waals surface area contributed by atoms with E-state index >= 15 is 0 Å². The van der Waals surface area contributed by atoms with E-state index in [1.165, 1.54) is 17.7 Å². The number of rotatable bonds is 11. The molecule has 1 atom stereocenters. The highest BCUT2D eigenvalue weighted by Gasteiger charge is 2.21. The number of piperidine rings is 1. The minimum atomic E-state index is -0.252. The summed E-state index contributed by atoms with van der Waals surface area (Å²) in [6.07, 6.45) is 5.35. The molecule has 0 spiro atoms. The molecule has 1 unspecified atom stereocenters. The van der Waals surface area contributed by atoms with Crippen LogP contribution in [-0.4, -0.2) is 30.4 Å². The number of carbonyl (C=O) groups excluding carboxylic acids is 1. The van der Waals surface area contributed by atoms with Crippen LogP contribution in [0.5, 0.6) is 5.75 Å². The van der Waals surface area contributed by atoms with Crippen LogP contribution < -0.4 is 10.1 Å². The smallest absolute Gasteiger partial charge is 0.226 e. The van der Waals surface area contributed by atoms with Gasteiger partial charge in [0.2, 0.25) is 5.91 Å². The quantitative estimate of drug-likeness (QED) is 0.275. The van der Waals surface area contributed by atoms with Gasteiger partial charge in [-0.1, -0.05) is 56.3 Å². The molecule has 0 radical (unpaired) electrons. The van der Waals surface area contributed by atoms with E-state index in [0.29, 0.717) is 11.7 Å². The Balaban J connectivity index is 1.23. The molecule has 1 saturated heterocycles. The molecule has 3 aromatic carbocycles. The lowest BCUT2D eigenvalue weighted by Gasteiger charge is -2.32. The molecule has 4 nitrogen and oxygen atoms in total. The zero-order chi connectivity index (χ0) is 26.0. The molecule has 1 aliphatic heterocycles. The second kappa shape index (κ2) is 13.4. The highest BCUT2D eigenvalue weighted by atomic mass is 19.1. The van der Waals surface area contributed by atoms with Crippen molar-refractivity contribution >= 4 is 11.6 Å². The Bertz CT molecular complexity index is 1110. The normalized spacial score (nSPS) is 15.5. The molecule has 1 amide bonds. The molecule has 4 rings (SSSR count). The van der Waals surface area contributed by atoms with Gasteiger partial charge in [-0.3, -0.25) is 4.79 Å². The van der Waals surface area contributed by atoms with E-state index in [2.05, 4.69) is 40.5 Å². The van der Waals surface area contributed by atoms with Gasteiger partial charge < -0.3 is 15.0 Å². The summed E-state index contributed by atoms with van der Waals surface area (Å²) in [7, 11) is 0. The number of carbonyl (C=O) groups is 1. The Morgan fingerprint density at radius 3 is 2.41 bits per heavy atom. The maximum Gasteiger partial charge on any atom is 0.226 e. The van der Waals surface area contributed by atoms with Crippen molar-refractivity contribution in [1.29, 1.82) is 0 Å². The number of nitrogens with zero attached hydrogens (tertiary/aromatic N) is 1. The van der Waals surface area contributed by atoms with Gasteiger partial charge >= 0.3 is 0 Å². The van der Waals surface area contributed by atoms with Crippen LogP contribution in [0, 0.1) is 11.7 Å². The van der Waals surface area contributed by atoms with E-state index in [4.69, 9.17) is 4.74 Å². The number of hydrogen-bond acceptors (Lipinski definition) is 3. The Morgan fingerprint density at radius 2 is 1.70 bits per heavy atom. The summed E-state index contributed by atoms with van der Waals surface area (Å²) in [5, 5.41) is 3.03. The molecule has 1 heterocycles. The number of benzene rings is 3. The predicted octanol–water partition coefficient (Wildman–Crippen LogP) is 7.59. The van der Waals surface area contributed by atoms with Crippen LogP contribution in [-0.2, 0) is 4.79 Å². The maximum atomic E-state index is 13.3. The summed E-state index contributed by atoms with van der Waals surface area (Å²) < 4.78 is 19.6. The minimum Gasteiger partial charge on any atom is -0.486 e. The van der Waals surface area contributed by atoms with Gasteiger partial charge in [0.25, 0.3) is 0 Å². The van der Waals surface area contributed by atoms with E-state index in [9.17, 15) is 9.18 Å². The third-order valence-electron chi connectivity index (χ3n) is 7.19. The molecule has 196 valence electrons. The first kappa shape index (κ1) is 26.9. The summed E-state index contributed by atoms with van der Waals surface area (Å²) in [5.41, 5.74) is 3.37. The third kappa shape index (κ3) is 8.16. The van der Waals surface area contributed by atoms with Crippen molar-refractivity contribution in [3.05, 3.63) is 95.8 Å². The lowest BCUT2D eigenvalue weighted by Crippen LogP contribution is -2.33. The number of likely N-dealkylation sites (tertiary alicyclic amines) is 1. The molecule has 3 aromatic rings. The fourth-order valence-electron chi connectivity index (χ4n) is 4.95.